The van der Waals surface area contributed by atoms with E-state index in [1.165, 1.54) is 5.51 Å². The standard InChI is InChI=1S/C3H3N3OS/c4-2(7)3-5-1-8-6-3/h1H,(H2,4,7). The number of hydrogen-bond donors (Lipinski definition) is 1. The summed E-state index contributed by atoms with van der Waals surface area (Å²) in [6, 6.07) is 0. The van der Waals surface area contributed by atoms with Crippen LogP contribution in [0.2, 0.25) is 0 Å². The van der Waals surface area contributed by atoms with Gasteiger partial charge in [-0.25, -0.2) is 4.98 Å². The van der Waals surface area contributed by atoms with Gasteiger partial charge in [-0.15, -0.1) is 0 Å². The van der Waals surface area contributed by atoms with Gasteiger partial charge >= 0.3 is 0 Å². The third kappa shape index (κ3) is 0.812. The minimum atomic E-state index is -0.578. The summed E-state index contributed by atoms with van der Waals surface area (Å²) in [5.41, 5.74) is 6.26. The molecule has 0 fully saturated rings. The van der Waals surface area contributed by atoms with Gasteiger partial charge in [0, 0.05) is 0 Å². The van der Waals surface area contributed by atoms with Crippen molar-refractivity contribution in [3.05, 3.63) is 11.3 Å². The fourth-order valence-electron chi connectivity index (χ4n) is 0.279. The maximum atomic E-state index is 10.2. The number of carbonyl (C=O) groups is 1. The maximum absolute atomic E-state index is 10.2. The third-order valence-corrected chi connectivity index (χ3v) is 1.06. The van der Waals surface area contributed by atoms with Crippen LogP contribution in [-0.2, 0) is 0 Å². The van der Waals surface area contributed by atoms with Crippen LogP contribution in [0.5, 0.6) is 0 Å². The van der Waals surface area contributed by atoms with Crippen LogP contribution in [0.25, 0.3) is 0 Å². The first kappa shape index (κ1) is 5.17. The van der Waals surface area contributed by atoms with E-state index in [-0.39, 0.29) is 5.82 Å². The van der Waals surface area contributed by atoms with E-state index in [1.54, 1.807) is 0 Å². The Kier molecular flexibility index (Phi) is 1.21. The molecule has 0 saturated heterocycles. The molecule has 0 bridgehead atoms. The SMILES string of the molecule is NC(=O)c1ncsn1. The van der Waals surface area contributed by atoms with Gasteiger partial charge in [-0.05, 0) is 11.5 Å². The van der Waals surface area contributed by atoms with Crippen molar-refractivity contribution in [1.82, 2.24) is 9.36 Å². The van der Waals surface area contributed by atoms with Crippen molar-refractivity contribution in [1.29, 1.82) is 0 Å². The molecule has 4 nitrogen and oxygen atoms in total. The summed E-state index contributed by atoms with van der Waals surface area (Å²) >= 11 is 1.11. The summed E-state index contributed by atoms with van der Waals surface area (Å²) in [6.45, 7) is 0. The number of amides is 1. The Balaban J connectivity index is 2.93. The molecule has 8 heavy (non-hydrogen) atoms. The molecule has 0 spiro atoms. The molecule has 0 aliphatic carbocycles. The Morgan fingerprint density at radius 3 is 2.88 bits per heavy atom. The first-order valence-electron chi connectivity index (χ1n) is 1.87. The minimum Gasteiger partial charge on any atom is -0.363 e. The topological polar surface area (TPSA) is 68.9 Å². The molecule has 42 valence electrons. The summed E-state index contributed by atoms with van der Waals surface area (Å²) in [5.74, 6) is -0.485. The third-order valence-electron chi connectivity index (χ3n) is 0.582. The number of nitrogens with two attached hydrogens (primary N) is 1. The lowest BCUT2D eigenvalue weighted by Gasteiger charge is -1.77. The Bertz CT molecular complexity index is 182. The van der Waals surface area contributed by atoms with E-state index in [2.05, 4.69) is 9.36 Å². The molecule has 0 saturated carbocycles. The predicted molar refractivity (Wildman–Crippen MR) is 28.4 cm³/mol. The minimum absolute atomic E-state index is 0.0926. The smallest absolute Gasteiger partial charge is 0.287 e. The summed E-state index contributed by atoms with van der Waals surface area (Å²) in [7, 11) is 0. The predicted octanol–water partition coefficient (Wildman–Crippen LogP) is -0.363. The van der Waals surface area contributed by atoms with Crippen molar-refractivity contribution in [2.45, 2.75) is 0 Å². The summed E-state index contributed by atoms with van der Waals surface area (Å²) in [4.78, 5) is 13.7. The zero-order chi connectivity index (χ0) is 5.98. The van der Waals surface area contributed by atoms with E-state index in [0.717, 1.165) is 11.5 Å². The van der Waals surface area contributed by atoms with E-state index in [1.807, 2.05) is 0 Å². The Morgan fingerprint density at radius 1 is 1.88 bits per heavy atom. The second kappa shape index (κ2) is 1.87. The molecule has 1 rings (SSSR count). The normalized spacial score (nSPS) is 9.00. The van der Waals surface area contributed by atoms with Gasteiger partial charge in [0.15, 0.2) is 0 Å². The monoisotopic (exact) mass is 129 g/mol. The molecule has 0 radical (unpaired) electrons. The first-order chi connectivity index (χ1) is 3.80. The van der Waals surface area contributed by atoms with Gasteiger partial charge in [-0.1, -0.05) is 0 Å². The number of nitrogens with zero attached hydrogens (tertiary/aromatic N) is 2. The lowest BCUT2D eigenvalue weighted by atomic mass is 10.6. The van der Waals surface area contributed by atoms with Crippen molar-refractivity contribution >= 4 is 17.4 Å². The van der Waals surface area contributed by atoms with Crippen LogP contribution < -0.4 is 5.73 Å². The average Bonchev–Trinajstić information content (AvgIpc) is 2.12. The van der Waals surface area contributed by atoms with Crippen LogP contribution in [0.15, 0.2) is 5.51 Å². The molecular formula is C3H3N3OS. The van der Waals surface area contributed by atoms with Crippen molar-refractivity contribution in [2.75, 3.05) is 0 Å². The second-order valence-corrected chi connectivity index (χ2v) is 1.72. The molecule has 1 aromatic heterocycles. The quantitative estimate of drug-likeness (QED) is 0.562. The molecule has 0 aliphatic heterocycles. The second-order valence-electron chi connectivity index (χ2n) is 1.12. The summed E-state index contributed by atoms with van der Waals surface area (Å²) < 4.78 is 3.57. The van der Waals surface area contributed by atoms with Gasteiger partial charge in [0.1, 0.15) is 5.51 Å². The highest BCUT2D eigenvalue weighted by Crippen LogP contribution is 1.90. The number of carbonyl (C=O) groups excluding carboxylic acids is 1. The highest BCUT2D eigenvalue weighted by molar-refractivity contribution is 7.03. The van der Waals surface area contributed by atoms with Crippen molar-refractivity contribution in [3.8, 4) is 0 Å². The van der Waals surface area contributed by atoms with Gasteiger partial charge in [-0.2, -0.15) is 4.37 Å². The Hall–Kier alpha value is -0.970. The van der Waals surface area contributed by atoms with Gasteiger partial charge in [0.25, 0.3) is 5.91 Å². The lowest BCUT2D eigenvalue weighted by molar-refractivity contribution is 0.0992. The lowest BCUT2D eigenvalue weighted by Crippen LogP contribution is -2.12. The fourth-order valence-corrected chi connectivity index (χ4v) is 0.710. The molecule has 2 N–H and O–H groups in total. The summed E-state index contributed by atoms with van der Waals surface area (Å²) in [6.07, 6.45) is 0. The molecule has 1 aromatic rings. The van der Waals surface area contributed by atoms with Crippen molar-refractivity contribution in [2.24, 2.45) is 5.73 Å². The first-order valence-corrected chi connectivity index (χ1v) is 2.70. The molecule has 5 heteroatoms. The highest BCUT2D eigenvalue weighted by atomic mass is 32.1. The number of rotatable bonds is 1. The largest absolute Gasteiger partial charge is 0.363 e. The van der Waals surface area contributed by atoms with Gasteiger partial charge in [0.2, 0.25) is 5.82 Å². The zero-order valence-corrected chi connectivity index (χ0v) is 4.68. The van der Waals surface area contributed by atoms with E-state index in [0.29, 0.717) is 0 Å². The molecular weight excluding hydrogens is 126 g/mol. The molecule has 0 aliphatic rings. The number of aromatic nitrogens is 2. The maximum Gasteiger partial charge on any atom is 0.287 e. The Morgan fingerprint density at radius 2 is 2.62 bits per heavy atom. The molecule has 0 atom stereocenters. The number of primary amides is 1. The van der Waals surface area contributed by atoms with E-state index >= 15 is 0 Å². The average molecular weight is 129 g/mol. The molecule has 0 aromatic carbocycles. The Labute approximate surface area is 49.5 Å². The van der Waals surface area contributed by atoms with Crippen LogP contribution in [0.4, 0.5) is 0 Å². The van der Waals surface area contributed by atoms with Crippen LogP contribution in [0.1, 0.15) is 10.6 Å². The van der Waals surface area contributed by atoms with Crippen molar-refractivity contribution in [3.63, 3.8) is 0 Å². The highest BCUT2D eigenvalue weighted by Gasteiger charge is 2.00. The van der Waals surface area contributed by atoms with Gasteiger partial charge in [-0.3, -0.25) is 4.79 Å². The van der Waals surface area contributed by atoms with Crippen LogP contribution in [0.3, 0.4) is 0 Å². The van der Waals surface area contributed by atoms with Crippen LogP contribution in [0, 0.1) is 0 Å². The zero-order valence-electron chi connectivity index (χ0n) is 3.87. The van der Waals surface area contributed by atoms with Crippen LogP contribution in [-0.4, -0.2) is 15.3 Å². The number of hydrogen-bond acceptors (Lipinski definition) is 4. The molecule has 1 heterocycles. The van der Waals surface area contributed by atoms with Gasteiger partial charge in [0.05, 0.1) is 0 Å². The van der Waals surface area contributed by atoms with Crippen LogP contribution >= 0.6 is 11.5 Å². The molecule has 1 amide bonds. The van der Waals surface area contributed by atoms with E-state index in [4.69, 9.17) is 5.73 Å². The molecule has 0 unspecified atom stereocenters. The van der Waals surface area contributed by atoms with E-state index in [9.17, 15) is 4.79 Å². The fraction of sp³-hybridized carbons (Fsp3) is 0. The van der Waals surface area contributed by atoms with E-state index < -0.39 is 5.91 Å². The van der Waals surface area contributed by atoms with Crippen molar-refractivity contribution < 1.29 is 4.79 Å². The summed E-state index contributed by atoms with van der Waals surface area (Å²) in [5, 5.41) is 0. The van der Waals surface area contributed by atoms with Gasteiger partial charge < -0.3 is 5.73 Å².